The fourth-order valence-corrected chi connectivity index (χ4v) is 1.41. The Morgan fingerprint density at radius 3 is 2.78 bits per heavy atom. The number of carbonyl (C=O) groups excluding carboxylic acids is 2. The van der Waals surface area contributed by atoms with Gasteiger partial charge in [0.25, 0.3) is 5.91 Å². The summed E-state index contributed by atoms with van der Waals surface area (Å²) in [5.74, 6) is -1.04. The Morgan fingerprint density at radius 1 is 1.39 bits per heavy atom. The molecule has 0 saturated heterocycles. The summed E-state index contributed by atoms with van der Waals surface area (Å²) < 4.78 is 4.87. The van der Waals surface area contributed by atoms with Crippen molar-refractivity contribution in [3.63, 3.8) is 0 Å². The van der Waals surface area contributed by atoms with Gasteiger partial charge in [-0.2, -0.15) is 0 Å². The third-order valence-electron chi connectivity index (χ3n) is 1.80. The number of nitrogens with one attached hydrogen (secondary N) is 1. The van der Waals surface area contributed by atoms with Crippen LogP contribution < -0.4 is 11.1 Å². The van der Waals surface area contributed by atoms with Crippen molar-refractivity contribution in [2.45, 2.75) is 0 Å². The average molecular weight is 292 g/mol. The molecule has 18 heavy (non-hydrogen) atoms. The molecule has 1 aromatic heterocycles. The topological polar surface area (TPSA) is 94.3 Å². The van der Waals surface area contributed by atoms with Gasteiger partial charge in [-0.3, -0.25) is 9.59 Å². The van der Waals surface area contributed by atoms with Gasteiger partial charge in [-0.1, -0.05) is 23.2 Å². The second-order valence-corrected chi connectivity index (χ2v) is 4.03. The van der Waals surface area contributed by atoms with Crippen molar-refractivity contribution in [2.24, 2.45) is 5.73 Å². The number of nitrogens with two attached hydrogens (primary N) is 1. The summed E-state index contributed by atoms with van der Waals surface area (Å²) >= 11 is 11.5. The van der Waals surface area contributed by atoms with Gasteiger partial charge >= 0.3 is 0 Å². The van der Waals surface area contributed by atoms with Crippen LogP contribution in [0.4, 0.5) is 0 Å². The number of amides is 2. The van der Waals surface area contributed by atoms with Gasteiger partial charge in [0, 0.05) is 6.54 Å². The van der Waals surface area contributed by atoms with E-state index in [1.807, 2.05) is 0 Å². The molecule has 98 valence electrons. The lowest BCUT2D eigenvalue weighted by molar-refractivity contribution is -0.122. The van der Waals surface area contributed by atoms with Gasteiger partial charge in [-0.25, -0.2) is 4.98 Å². The summed E-state index contributed by atoms with van der Waals surface area (Å²) in [5.41, 5.74) is 4.91. The molecule has 0 aliphatic rings. The van der Waals surface area contributed by atoms with Crippen molar-refractivity contribution in [1.82, 2.24) is 10.3 Å². The number of nitrogens with zero attached hydrogens (tertiary/aromatic N) is 1. The van der Waals surface area contributed by atoms with E-state index in [2.05, 4.69) is 10.3 Å². The SMILES string of the molecule is NC(=O)COCCNC(=O)c1nc(Cl)ccc1Cl. The molecule has 0 aliphatic carbocycles. The number of primary amides is 1. The quantitative estimate of drug-likeness (QED) is 0.593. The summed E-state index contributed by atoms with van der Waals surface area (Å²) in [5, 5.41) is 2.90. The van der Waals surface area contributed by atoms with Crippen molar-refractivity contribution in [3.8, 4) is 0 Å². The number of carbonyl (C=O) groups is 2. The maximum absolute atomic E-state index is 11.7. The highest BCUT2D eigenvalue weighted by Crippen LogP contribution is 2.16. The molecule has 2 amide bonds. The smallest absolute Gasteiger partial charge is 0.271 e. The van der Waals surface area contributed by atoms with Crippen LogP contribution in [0.5, 0.6) is 0 Å². The van der Waals surface area contributed by atoms with Crippen LogP contribution >= 0.6 is 23.2 Å². The highest BCUT2D eigenvalue weighted by molar-refractivity contribution is 6.34. The minimum atomic E-state index is -0.569. The number of halogens is 2. The number of rotatable bonds is 6. The van der Waals surface area contributed by atoms with E-state index in [1.54, 1.807) is 0 Å². The van der Waals surface area contributed by atoms with Crippen LogP contribution in [-0.4, -0.2) is 36.6 Å². The summed E-state index contributed by atoms with van der Waals surface area (Å²) in [6, 6.07) is 2.96. The van der Waals surface area contributed by atoms with Gasteiger partial charge in [-0.15, -0.1) is 0 Å². The predicted octanol–water partition coefficient (Wildman–Crippen LogP) is 0.620. The molecule has 1 heterocycles. The van der Waals surface area contributed by atoms with E-state index in [9.17, 15) is 9.59 Å². The summed E-state index contributed by atoms with van der Waals surface area (Å²) in [6.45, 7) is 0.176. The molecule has 1 aromatic rings. The standard InChI is InChI=1S/C10H11Cl2N3O3/c11-6-1-2-7(12)15-9(6)10(17)14-3-4-18-5-8(13)16/h1-2H,3-5H2,(H2,13,16)(H,14,17). The summed E-state index contributed by atoms with van der Waals surface area (Å²) in [4.78, 5) is 25.8. The molecule has 0 unspecified atom stereocenters. The Balaban J connectivity index is 2.41. The highest BCUT2D eigenvalue weighted by Gasteiger charge is 2.12. The monoisotopic (exact) mass is 291 g/mol. The zero-order valence-corrected chi connectivity index (χ0v) is 10.8. The predicted molar refractivity (Wildman–Crippen MR) is 66.6 cm³/mol. The van der Waals surface area contributed by atoms with E-state index in [-0.39, 0.29) is 35.6 Å². The van der Waals surface area contributed by atoms with Gasteiger partial charge in [0.15, 0.2) is 0 Å². The first kappa shape index (κ1) is 14.7. The van der Waals surface area contributed by atoms with E-state index in [0.717, 1.165) is 0 Å². The van der Waals surface area contributed by atoms with Crippen molar-refractivity contribution in [2.75, 3.05) is 19.8 Å². The van der Waals surface area contributed by atoms with Crippen molar-refractivity contribution in [1.29, 1.82) is 0 Å². The molecular formula is C10H11Cl2N3O3. The van der Waals surface area contributed by atoms with Gasteiger partial charge in [-0.05, 0) is 12.1 Å². The number of aromatic nitrogens is 1. The molecule has 0 atom stereocenters. The number of pyridine rings is 1. The average Bonchev–Trinajstić information content (AvgIpc) is 2.31. The normalized spacial score (nSPS) is 10.1. The molecule has 1 rings (SSSR count). The summed E-state index contributed by atoms with van der Waals surface area (Å²) in [6.07, 6.45) is 0. The van der Waals surface area contributed by atoms with Gasteiger partial charge in [0.2, 0.25) is 5.91 Å². The molecule has 0 bridgehead atoms. The van der Waals surface area contributed by atoms with Crippen LogP contribution in [0, 0.1) is 0 Å². The van der Waals surface area contributed by atoms with Gasteiger partial charge in [0.05, 0.1) is 11.6 Å². The number of ether oxygens (including phenoxy) is 1. The maximum Gasteiger partial charge on any atom is 0.271 e. The van der Waals surface area contributed by atoms with Crippen LogP contribution in [0.3, 0.4) is 0 Å². The van der Waals surface area contributed by atoms with E-state index in [4.69, 9.17) is 33.7 Å². The van der Waals surface area contributed by atoms with E-state index >= 15 is 0 Å². The molecule has 8 heteroatoms. The molecule has 3 N–H and O–H groups in total. The zero-order chi connectivity index (χ0) is 13.5. The Morgan fingerprint density at radius 2 is 2.11 bits per heavy atom. The minimum absolute atomic E-state index is 0.0408. The Hall–Kier alpha value is -1.37. The molecule has 0 spiro atoms. The lowest BCUT2D eigenvalue weighted by atomic mass is 10.3. The molecule has 6 nitrogen and oxygen atoms in total. The molecule has 0 saturated carbocycles. The van der Waals surface area contributed by atoms with Crippen LogP contribution in [-0.2, 0) is 9.53 Å². The Labute approximate surface area is 113 Å². The first-order chi connectivity index (χ1) is 8.50. The summed E-state index contributed by atoms with van der Waals surface area (Å²) in [7, 11) is 0. The van der Waals surface area contributed by atoms with Crippen LogP contribution in [0.15, 0.2) is 12.1 Å². The second-order valence-electron chi connectivity index (χ2n) is 3.24. The van der Waals surface area contributed by atoms with E-state index in [1.165, 1.54) is 12.1 Å². The van der Waals surface area contributed by atoms with Crippen molar-refractivity contribution in [3.05, 3.63) is 28.0 Å². The first-order valence-corrected chi connectivity index (χ1v) is 5.72. The molecule has 0 aliphatic heterocycles. The van der Waals surface area contributed by atoms with Gasteiger partial charge < -0.3 is 15.8 Å². The Bertz CT molecular complexity index is 454. The third kappa shape index (κ3) is 4.87. The van der Waals surface area contributed by atoms with Crippen molar-refractivity contribution < 1.29 is 14.3 Å². The van der Waals surface area contributed by atoms with E-state index < -0.39 is 11.8 Å². The van der Waals surface area contributed by atoms with Crippen LogP contribution in [0.1, 0.15) is 10.5 Å². The molecule has 0 aromatic carbocycles. The second kappa shape index (κ2) is 7.15. The van der Waals surface area contributed by atoms with Gasteiger partial charge in [0.1, 0.15) is 17.5 Å². The first-order valence-electron chi connectivity index (χ1n) is 4.97. The zero-order valence-electron chi connectivity index (χ0n) is 9.28. The lowest BCUT2D eigenvalue weighted by Crippen LogP contribution is -2.29. The third-order valence-corrected chi connectivity index (χ3v) is 2.32. The van der Waals surface area contributed by atoms with Crippen LogP contribution in [0.25, 0.3) is 0 Å². The molecular weight excluding hydrogens is 281 g/mol. The number of hydrogen-bond donors (Lipinski definition) is 2. The Kier molecular flexibility index (Phi) is 5.84. The fourth-order valence-electron chi connectivity index (χ4n) is 1.07. The number of hydrogen-bond acceptors (Lipinski definition) is 4. The van der Waals surface area contributed by atoms with Crippen molar-refractivity contribution >= 4 is 35.0 Å². The molecule has 0 radical (unpaired) electrons. The van der Waals surface area contributed by atoms with E-state index in [0.29, 0.717) is 0 Å². The molecule has 0 fully saturated rings. The minimum Gasteiger partial charge on any atom is -0.370 e. The maximum atomic E-state index is 11.7. The largest absolute Gasteiger partial charge is 0.370 e. The fraction of sp³-hybridized carbons (Fsp3) is 0.300. The van der Waals surface area contributed by atoms with Crippen LogP contribution in [0.2, 0.25) is 10.2 Å². The highest BCUT2D eigenvalue weighted by atomic mass is 35.5. The lowest BCUT2D eigenvalue weighted by Gasteiger charge is -2.06.